The first kappa shape index (κ1) is 23.6. The number of Topliss-reactive ketones (excluding diaryl/α,β-unsaturated/α-hetero) is 1. The van der Waals surface area contributed by atoms with Gasteiger partial charge in [-0.2, -0.15) is 0 Å². The molecule has 0 fully saturated rings. The molecule has 2 aromatic carbocycles. The summed E-state index contributed by atoms with van der Waals surface area (Å²) < 4.78 is 5.64. The predicted octanol–water partition coefficient (Wildman–Crippen LogP) is 5.32. The van der Waals surface area contributed by atoms with Crippen LogP contribution in [0.4, 0.5) is 5.69 Å². The monoisotopic (exact) mass is 493 g/mol. The molecule has 172 valence electrons. The molecule has 0 saturated heterocycles. The van der Waals surface area contributed by atoms with Gasteiger partial charge in [0, 0.05) is 17.3 Å². The maximum absolute atomic E-state index is 12.4. The summed E-state index contributed by atoms with van der Waals surface area (Å²) in [6.07, 6.45) is 0. The summed E-state index contributed by atoms with van der Waals surface area (Å²) in [6, 6.07) is 15.5. The van der Waals surface area contributed by atoms with E-state index >= 15 is 0 Å². The highest BCUT2D eigenvalue weighted by Crippen LogP contribution is 2.30. The largest absolute Gasteiger partial charge is 0.420 e. The smallest absolute Gasteiger partial charge is 0.282 e. The molecule has 0 spiro atoms. The number of para-hydroxylation sites is 1. The van der Waals surface area contributed by atoms with Gasteiger partial charge in [-0.15, -0.1) is 10.2 Å². The average molecular weight is 494 g/mol. The Morgan fingerprint density at radius 2 is 1.79 bits per heavy atom. The van der Waals surface area contributed by atoms with E-state index in [1.165, 1.54) is 29.6 Å². The van der Waals surface area contributed by atoms with E-state index < -0.39 is 4.92 Å². The second-order valence-corrected chi connectivity index (χ2v) is 9.21. The number of hydrogen-bond acceptors (Lipinski definition) is 10. The molecule has 0 bridgehead atoms. The molecule has 2 aromatic heterocycles. The quantitative estimate of drug-likeness (QED) is 0.0755. The van der Waals surface area contributed by atoms with Crippen molar-refractivity contribution in [2.45, 2.75) is 29.8 Å². The maximum atomic E-state index is 12.4. The van der Waals surface area contributed by atoms with E-state index in [0.29, 0.717) is 27.4 Å². The summed E-state index contributed by atoms with van der Waals surface area (Å²) >= 11 is 2.66. The van der Waals surface area contributed by atoms with Crippen LogP contribution in [-0.2, 0) is 5.75 Å². The number of rotatable bonds is 9. The van der Waals surface area contributed by atoms with Gasteiger partial charge in [0.1, 0.15) is 10.6 Å². The first-order valence-corrected chi connectivity index (χ1v) is 12.1. The van der Waals surface area contributed by atoms with Crippen molar-refractivity contribution in [1.29, 1.82) is 0 Å². The summed E-state index contributed by atoms with van der Waals surface area (Å²) in [4.78, 5) is 32.1. The molecule has 4 rings (SSSR count). The zero-order valence-corrected chi connectivity index (χ0v) is 19.9. The molecule has 34 heavy (non-hydrogen) atoms. The summed E-state index contributed by atoms with van der Waals surface area (Å²) in [5, 5.41) is 20.4. The van der Waals surface area contributed by atoms with Crippen LogP contribution in [0.5, 0.6) is 0 Å². The topological polar surface area (TPSA) is 125 Å². The lowest BCUT2D eigenvalue weighted by Crippen LogP contribution is -2.03. The Labute approximate surface area is 203 Å². The van der Waals surface area contributed by atoms with Crippen molar-refractivity contribution in [3.63, 3.8) is 0 Å². The lowest BCUT2D eigenvalue weighted by Gasteiger charge is -2.05. The van der Waals surface area contributed by atoms with Crippen LogP contribution < -0.4 is 0 Å². The van der Waals surface area contributed by atoms with Gasteiger partial charge in [-0.3, -0.25) is 14.9 Å². The van der Waals surface area contributed by atoms with E-state index in [4.69, 9.17) is 4.42 Å². The molecule has 0 aliphatic heterocycles. The SMILES string of the molecule is Cc1ccc(C(=O)CSc2nc(C)cc(SCc3nnc(-c4ccccc4[N+](=O)[O-])o3)n2)cc1. The minimum atomic E-state index is -0.486. The summed E-state index contributed by atoms with van der Waals surface area (Å²) in [5.74, 6) is 0.985. The third-order valence-electron chi connectivity index (χ3n) is 4.66. The minimum absolute atomic E-state index is 0.0118. The highest BCUT2D eigenvalue weighted by molar-refractivity contribution is 8.00. The number of aryl methyl sites for hydroxylation is 2. The third kappa shape index (κ3) is 5.86. The fourth-order valence-corrected chi connectivity index (χ4v) is 4.62. The molecule has 0 aliphatic rings. The fourth-order valence-electron chi connectivity index (χ4n) is 2.97. The Bertz CT molecular complexity index is 1340. The van der Waals surface area contributed by atoms with Crippen molar-refractivity contribution in [3.8, 4) is 11.5 Å². The summed E-state index contributed by atoms with van der Waals surface area (Å²) in [7, 11) is 0. The predicted molar refractivity (Wildman–Crippen MR) is 129 cm³/mol. The number of thioether (sulfide) groups is 2. The van der Waals surface area contributed by atoms with Crippen LogP contribution >= 0.6 is 23.5 Å². The van der Waals surface area contributed by atoms with Gasteiger partial charge in [0.15, 0.2) is 10.9 Å². The highest BCUT2D eigenvalue weighted by Gasteiger charge is 2.19. The van der Waals surface area contributed by atoms with Crippen LogP contribution in [0.2, 0.25) is 0 Å². The van der Waals surface area contributed by atoms with Crippen LogP contribution in [0.1, 0.15) is 27.5 Å². The Hall–Kier alpha value is -3.57. The van der Waals surface area contributed by atoms with E-state index in [1.807, 2.05) is 44.2 Å². The van der Waals surface area contributed by atoms with Gasteiger partial charge in [0.2, 0.25) is 5.89 Å². The first-order valence-electron chi connectivity index (χ1n) is 10.2. The molecule has 0 amide bonds. The zero-order chi connectivity index (χ0) is 24.1. The van der Waals surface area contributed by atoms with Crippen LogP contribution in [0, 0.1) is 24.0 Å². The zero-order valence-electron chi connectivity index (χ0n) is 18.3. The van der Waals surface area contributed by atoms with Gasteiger partial charge in [-0.05, 0) is 26.0 Å². The minimum Gasteiger partial charge on any atom is -0.420 e. The number of nitro groups is 1. The van der Waals surface area contributed by atoms with Crippen molar-refractivity contribution >= 4 is 35.0 Å². The van der Waals surface area contributed by atoms with Crippen LogP contribution in [-0.4, -0.2) is 36.6 Å². The van der Waals surface area contributed by atoms with Gasteiger partial charge >= 0.3 is 0 Å². The lowest BCUT2D eigenvalue weighted by molar-refractivity contribution is -0.384. The Balaban J connectivity index is 1.40. The molecule has 9 nitrogen and oxygen atoms in total. The van der Waals surface area contributed by atoms with E-state index in [1.54, 1.807) is 18.2 Å². The van der Waals surface area contributed by atoms with Crippen LogP contribution in [0.25, 0.3) is 11.5 Å². The fraction of sp³-hybridized carbons (Fsp3) is 0.174. The molecule has 4 aromatic rings. The van der Waals surface area contributed by atoms with E-state index in [-0.39, 0.29) is 28.7 Å². The standard InChI is InChI=1S/C23H19N5O4S2/c1-14-7-9-16(10-8-14)19(29)12-34-23-24-15(2)11-21(25-23)33-13-20-26-27-22(32-20)17-5-3-4-6-18(17)28(30)31/h3-11H,12-13H2,1-2H3. The van der Waals surface area contributed by atoms with Gasteiger partial charge in [-0.25, -0.2) is 9.97 Å². The van der Waals surface area contributed by atoms with Crippen LogP contribution in [0.15, 0.2) is 69.2 Å². The molecule has 0 atom stereocenters. The molecule has 11 heteroatoms. The molecule has 2 heterocycles. The van der Waals surface area contributed by atoms with Gasteiger partial charge < -0.3 is 4.42 Å². The van der Waals surface area contributed by atoms with Gasteiger partial charge in [-0.1, -0.05) is 65.5 Å². The number of hydrogen-bond donors (Lipinski definition) is 0. The first-order chi connectivity index (χ1) is 16.4. The number of nitrogens with zero attached hydrogens (tertiary/aromatic N) is 5. The number of nitro benzene ring substituents is 1. The molecule has 0 N–H and O–H groups in total. The van der Waals surface area contributed by atoms with Gasteiger partial charge in [0.25, 0.3) is 11.6 Å². The Morgan fingerprint density at radius 3 is 2.56 bits per heavy atom. The Kier molecular flexibility index (Phi) is 7.33. The molecule has 0 saturated carbocycles. The number of ketones is 1. The summed E-state index contributed by atoms with van der Waals surface area (Å²) in [6.45, 7) is 3.83. The molecule has 0 aliphatic carbocycles. The second-order valence-electron chi connectivity index (χ2n) is 7.27. The normalized spacial score (nSPS) is 10.9. The lowest BCUT2D eigenvalue weighted by atomic mass is 10.1. The van der Waals surface area contributed by atoms with Crippen molar-refractivity contribution in [2.24, 2.45) is 0 Å². The van der Waals surface area contributed by atoms with Gasteiger partial charge in [0.05, 0.1) is 16.4 Å². The van der Waals surface area contributed by atoms with Crippen LogP contribution in [0.3, 0.4) is 0 Å². The molecule has 0 radical (unpaired) electrons. The number of carbonyl (C=O) groups is 1. The second kappa shape index (κ2) is 10.6. The summed E-state index contributed by atoms with van der Waals surface area (Å²) in [5.41, 5.74) is 2.70. The highest BCUT2D eigenvalue weighted by atomic mass is 32.2. The number of aromatic nitrogens is 4. The van der Waals surface area contributed by atoms with Crippen molar-refractivity contribution in [2.75, 3.05) is 5.75 Å². The van der Waals surface area contributed by atoms with Crippen molar-refractivity contribution in [1.82, 2.24) is 20.2 Å². The number of carbonyl (C=O) groups excluding carboxylic acids is 1. The maximum Gasteiger partial charge on any atom is 0.282 e. The van der Waals surface area contributed by atoms with E-state index in [9.17, 15) is 14.9 Å². The van der Waals surface area contributed by atoms with E-state index in [2.05, 4.69) is 20.2 Å². The molecule has 0 unspecified atom stereocenters. The van der Waals surface area contributed by atoms with Crippen molar-refractivity contribution in [3.05, 3.63) is 87.4 Å². The molecular weight excluding hydrogens is 474 g/mol. The Morgan fingerprint density at radius 1 is 1.03 bits per heavy atom. The third-order valence-corrected chi connectivity index (χ3v) is 6.40. The average Bonchev–Trinajstić information content (AvgIpc) is 3.30. The number of benzene rings is 2. The van der Waals surface area contributed by atoms with E-state index in [0.717, 1.165) is 11.3 Å². The molecular formula is C23H19N5O4S2. The van der Waals surface area contributed by atoms with Crippen molar-refractivity contribution < 1.29 is 14.1 Å².